The SMILES string of the molecule is CCN(CC(C)C(=O)OC)C(=O)CSc1nnc(C)n1-c1cc(C)ccc1C. The van der Waals surface area contributed by atoms with Crippen LogP contribution in [0, 0.1) is 26.7 Å². The fourth-order valence-electron chi connectivity index (χ4n) is 2.91. The van der Waals surface area contributed by atoms with Crippen LogP contribution in [0.25, 0.3) is 5.69 Å². The van der Waals surface area contributed by atoms with Gasteiger partial charge in [0.15, 0.2) is 5.16 Å². The van der Waals surface area contributed by atoms with Crippen LogP contribution in [0.2, 0.25) is 0 Å². The lowest BCUT2D eigenvalue weighted by atomic mass is 10.1. The van der Waals surface area contributed by atoms with E-state index in [0.717, 1.165) is 22.6 Å². The molecule has 7 nitrogen and oxygen atoms in total. The van der Waals surface area contributed by atoms with Gasteiger partial charge in [0.1, 0.15) is 5.82 Å². The zero-order chi connectivity index (χ0) is 20.8. The van der Waals surface area contributed by atoms with Crippen LogP contribution in [0.4, 0.5) is 0 Å². The molecule has 0 aliphatic heterocycles. The highest BCUT2D eigenvalue weighted by atomic mass is 32.2. The molecule has 152 valence electrons. The van der Waals surface area contributed by atoms with Crippen LogP contribution in [0.1, 0.15) is 30.8 Å². The number of hydrogen-bond acceptors (Lipinski definition) is 6. The number of methoxy groups -OCH3 is 1. The summed E-state index contributed by atoms with van der Waals surface area (Å²) in [5.41, 5.74) is 3.28. The van der Waals surface area contributed by atoms with Crippen molar-refractivity contribution in [3.05, 3.63) is 35.2 Å². The van der Waals surface area contributed by atoms with E-state index in [9.17, 15) is 9.59 Å². The van der Waals surface area contributed by atoms with Crippen LogP contribution in [0.3, 0.4) is 0 Å². The minimum absolute atomic E-state index is 0.0450. The van der Waals surface area contributed by atoms with Gasteiger partial charge < -0.3 is 9.64 Å². The molecular weight excluding hydrogens is 376 g/mol. The minimum atomic E-state index is -0.361. The van der Waals surface area contributed by atoms with Crippen molar-refractivity contribution in [2.24, 2.45) is 5.92 Å². The van der Waals surface area contributed by atoms with Crippen LogP contribution in [-0.2, 0) is 14.3 Å². The molecule has 0 aliphatic carbocycles. The van der Waals surface area contributed by atoms with E-state index in [0.29, 0.717) is 18.2 Å². The van der Waals surface area contributed by atoms with Crippen molar-refractivity contribution in [3.8, 4) is 5.69 Å². The summed E-state index contributed by atoms with van der Waals surface area (Å²) in [6, 6.07) is 6.22. The predicted molar refractivity (Wildman–Crippen MR) is 110 cm³/mol. The molecule has 8 heteroatoms. The van der Waals surface area contributed by atoms with Crippen molar-refractivity contribution in [1.82, 2.24) is 19.7 Å². The molecule has 1 unspecified atom stereocenters. The first kappa shape index (κ1) is 21.9. The van der Waals surface area contributed by atoms with E-state index in [1.54, 1.807) is 11.8 Å². The zero-order valence-corrected chi connectivity index (χ0v) is 18.2. The standard InChI is InChI=1S/C20H28N4O3S/c1-7-23(11-15(4)19(26)27-6)18(25)12-28-20-22-21-16(5)24(20)17-10-13(2)8-9-14(17)3/h8-10,15H,7,11-12H2,1-6H3. The molecule has 0 spiro atoms. The zero-order valence-electron chi connectivity index (χ0n) is 17.4. The van der Waals surface area contributed by atoms with Crippen molar-refractivity contribution in [2.45, 2.75) is 39.8 Å². The molecule has 0 N–H and O–H groups in total. The smallest absolute Gasteiger partial charge is 0.310 e. The van der Waals surface area contributed by atoms with Gasteiger partial charge in [-0.2, -0.15) is 0 Å². The van der Waals surface area contributed by atoms with Crippen molar-refractivity contribution in [3.63, 3.8) is 0 Å². The first-order valence-corrected chi connectivity index (χ1v) is 10.2. The number of ether oxygens (including phenoxy) is 1. The van der Waals surface area contributed by atoms with Crippen molar-refractivity contribution in [2.75, 3.05) is 26.0 Å². The van der Waals surface area contributed by atoms with E-state index in [1.807, 2.05) is 32.3 Å². The summed E-state index contributed by atoms with van der Waals surface area (Å²) >= 11 is 1.35. The van der Waals surface area contributed by atoms with Crippen LogP contribution in [0.5, 0.6) is 0 Å². The molecule has 0 aliphatic rings. The van der Waals surface area contributed by atoms with E-state index in [1.165, 1.54) is 18.9 Å². The lowest BCUT2D eigenvalue weighted by Gasteiger charge is -2.23. The highest BCUT2D eigenvalue weighted by molar-refractivity contribution is 7.99. The summed E-state index contributed by atoms with van der Waals surface area (Å²) in [4.78, 5) is 26.0. The number of carbonyl (C=O) groups excluding carboxylic acids is 2. The minimum Gasteiger partial charge on any atom is -0.469 e. The quantitative estimate of drug-likeness (QED) is 0.497. The second kappa shape index (κ2) is 9.73. The van der Waals surface area contributed by atoms with Crippen molar-refractivity contribution < 1.29 is 14.3 Å². The number of thioether (sulfide) groups is 1. The largest absolute Gasteiger partial charge is 0.469 e. The molecule has 1 atom stereocenters. The van der Waals surface area contributed by atoms with E-state index < -0.39 is 0 Å². The Morgan fingerprint density at radius 3 is 2.61 bits per heavy atom. The first-order valence-electron chi connectivity index (χ1n) is 9.26. The molecule has 1 aromatic carbocycles. The third kappa shape index (κ3) is 5.13. The lowest BCUT2D eigenvalue weighted by Crippen LogP contribution is -2.38. The number of carbonyl (C=O) groups is 2. The summed E-state index contributed by atoms with van der Waals surface area (Å²) in [5, 5.41) is 9.13. The van der Waals surface area contributed by atoms with E-state index in [4.69, 9.17) is 4.74 Å². The maximum atomic E-state index is 12.7. The summed E-state index contributed by atoms with van der Waals surface area (Å²) in [7, 11) is 1.36. The molecule has 28 heavy (non-hydrogen) atoms. The summed E-state index contributed by atoms with van der Waals surface area (Å²) in [6.07, 6.45) is 0. The van der Waals surface area contributed by atoms with Gasteiger partial charge in [0, 0.05) is 13.1 Å². The van der Waals surface area contributed by atoms with Crippen LogP contribution in [0.15, 0.2) is 23.4 Å². The van der Waals surface area contributed by atoms with Gasteiger partial charge in [-0.05, 0) is 44.9 Å². The van der Waals surface area contributed by atoms with Crippen LogP contribution in [-0.4, -0.2) is 57.5 Å². The number of hydrogen-bond donors (Lipinski definition) is 0. The maximum absolute atomic E-state index is 12.7. The summed E-state index contributed by atoms with van der Waals surface area (Å²) < 4.78 is 6.73. The second-order valence-corrected chi connectivity index (χ2v) is 7.74. The van der Waals surface area contributed by atoms with E-state index in [-0.39, 0.29) is 23.5 Å². The summed E-state index contributed by atoms with van der Waals surface area (Å²) in [6.45, 7) is 10.5. The van der Waals surface area contributed by atoms with Gasteiger partial charge in [0.25, 0.3) is 0 Å². The van der Waals surface area contributed by atoms with Crippen molar-refractivity contribution >= 4 is 23.6 Å². The highest BCUT2D eigenvalue weighted by Crippen LogP contribution is 2.25. The Hall–Kier alpha value is -2.35. The van der Waals surface area contributed by atoms with Gasteiger partial charge in [-0.3, -0.25) is 14.2 Å². The molecule has 0 bridgehead atoms. The fraction of sp³-hybridized carbons (Fsp3) is 0.500. The topological polar surface area (TPSA) is 77.3 Å². The number of benzene rings is 1. The monoisotopic (exact) mass is 404 g/mol. The van der Waals surface area contributed by atoms with Gasteiger partial charge >= 0.3 is 5.97 Å². The highest BCUT2D eigenvalue weighted by Gasteiger charge is 2.22. The Morgan fingerprint density at radius 2 is 1.96 bits per heavy atom. The predicted octanol–water partition coefficient (Wildman–Crippen LogP) is 2.94. The van der Waals surface area contributed by atoms with Gasteiger partial charge in [-0.15, -0.1) is 10.2 Å². The number of aromatic nitrogens is 3. The molecule has 2 rings (SSSR count). The van der Waals surface area contributed by atoms with Gasteiger partial charge in [0.2, 0.25) is 5.91 Å². The molecule has 0 fully saturated rings. The third-order valence-corrected chi connectivity index (χ3v) is 5.47. The van der Waals surface area contributed by atoms with Gasteiger partial charge in [0.05, 0.1) is 24.5 Å². The van der Waals surface area contributed by atoms with E-state index >= 15 is 0 Å². The number of rotatable bonds is 8. The molecule has 1 amide bonds. The van der Waals surface area contributed by atoms with Gasteiger partial charge in [-0.1, -0.05) is 30.8 Å². The number of nitrogens with zero attached hydrogens (tertiary/aromatic N) is 4. The van der Waals surface area contributed by atoms with Crippen LogP contribution < -0.4 is 0 Å². The number of esters is 1. The number of aryl methyl sites for hydroxylation is 3. The fourth-order valence-corrected chi connectivity index (χ4v) is 3.80. The third-order valence-electron chi connectivity index (χ3n) is 4.56. The molecule has 0 saturated heterocycles. The number of amides is 1. The van der Waals surface area contributed by atoms with Crippen molar-refractivity contribution in [1.29, 1.82) is 0 Å². The van der Waals surface area contributed by atoms with Crippen LogP contribution >= 0.6 is 11.8 Å². The van der Waals surface area contributed by atoms with E-state index in [2.05, 4.69) is 28.4 Å². The average Bonchev–Trinajstić information content (AvgIpc) is 3.05. The second-order valence-electron chi connectivity index (χ2n) is 6.80. The Balaban J connectivity index is 2.13. The Bertz CT molecular complexity index is 850. The molecule has 0 radical (unpaired) electrons. The first-order chi connectivity index (χ1) is 13.3. The Morgan fingerprint density at radius 1 is 1.25 bits per heavy atom. The normalized spacial score (nSPS) is 11.9. The molecular formula is C20H28N4O3S. The Labute approximate surface area is 170 Å². The summed E-state index contributed by atoms with van der Waals surface area (Å²) in [5.74, 6) is 0.278. The lowest BCUT2D eigenvalue weighted by molar-refractivity contribution is -0.146. The molecule has 1 heterocycles. The molecule has 1 aromatic heterocycles. The maximum Gasteiger partial charge on any atom is 0.310 e. The molecule has 0 saturated carbocycles. The molecule has 2 aromatic rings. The van der Waals surface area contributed by atoms with Gasteiger partial charge in [-0.25, -0.2) is 0 Å². The average molecular weight is 405 g/mol. The Kier molecular flexibility index (Phi) is 7.62.